The molecule has 0 heterocycles. The molecule has 3 rings (SSSR count). The maximum absolute atomic E-state index is 12.0. The van der Waals surface area contributed by atoms with Crippen molar-refractivity contribution >= 4 is 21.8 Å². The van der Waals surface area contributed by atoms with E-state index in [-0.39, 0.29) is 5.91 Å². The Labute approximate surface area is 116 Å². The Hall–Kier alpha value is -0.830. The molecule has 1 amide bonds. The Morgan fingerprint density at radius 2 is 2.22 bits per heavy atom. The lowest BCUT2D eigenvalue weighted by Gasteiger charge is -2.22. The Kier molecular flexibility index (Phi) is 3.42. The van der Waals surface area contributed by atoms with Crippen molar-refractivity contribution in [3.8, 4) is 0 Å². The minimum atomic E-state index is 0.172. The molecule has 0 spiro atoms. The molecule has 0 saturated heterocycles. The van der Waals surface area contributed by atoms with E-state index >= 15 is 0 Å². The Morgan fingerprint density at radius 3 is 2.89 bits per heavy atom. The van der Waals surface area contributed by atoms with Gasteiger partial charge in [-0.2, -0.15) is 0 Å². The van der Waals surface area contributed by atoms with Crippen molar-refractivity contribution in [1.82, 2.24) is 5.32 Å². The predicted octanol–water partition coefficient (Wildman–Crippen LogP) is 3.30. The first-order valence-corrected chi connectivity index (χ1v) is 7.54. The zero-order chi connectivity index (χ0) is 12.5. The molecule has 2 aliphatic rings. The molecule has 1 N–H and O–H groups in total. The molecular formula is C15H18BrNO. The second-order valence-corrected chi connectivity index (χ2v) is 6.57. The van der Waals surface area contributed by atoms with E-state index in [1.165, 1.54) is 25.7 Å². The first-order chi connectivity index (χ1) is 8.70. The van der Waals surface area contributed by atoms with Crippen LogP contribution in [0.15, 0.2) is 28.7 Å². The second-order valence-electron chi connectivity index (χ2n) is 5.66. The lowest BCUT2D eigenvalue weighted by Crippen LogP contribution is -2.39. The summed E-state index contributed by atoms with van der Waals surface area (Å²) in [5.41, 5.74) is 1.07. The smallest absolute Gasteiger partial charge is 0.224 e. The number of benzene rings is 1. The van der Waals surface area contributed by atoms with Crippen molar-refractivity contribution in [2.75, 3.05) is 0 Å². The molecule has 0 radical (unpaired) electrons. The number of carbonyl (C=O) groups excluding carboxylic acids is 1. The average Bonchev–Trinajstić information content (AvgIpc) is 2.90. The summed E-state index contributed by atoms with van der Waals surface area (Å²) in [7, 11) is 0. The number of nitrogens with one attached hydrogen (secondary N) is 1. The van der Waals surface area contributed by atoms with Crippen LogP contribution in [-0.4, -0.2) is 11.9 Å². The van der Waals surface area contributed by atoms with Crippen LogP contribution >= 0.6 is 15.9 Å². The summed E-state index contributed by atoms with van der Waals surface area (Å²) in [5, 5.41) is 3.22. The third kappa shape index (κ3) is 2.61. The molecule has 3 heteroatoms. The van der Waals surface area contributed by atoms with Crippen LogP contribution in [0.2, 0.25) is 0 Å². The highest BCUT2D eigenvalue weighted by Crippen LogP contribution is 2.44. The van der Waals surface area contributed by atoms with Gasteiger partial charge in [-0.05, 0) is 48.8 Å². The van der Waals surface area contributed by atoms with E-state index < -0.39 is 0 Å². The lowest BCUT2D eigenvalue weighted by molar-refractivity contribution is -0.121. The maximum atomic E-state index is 12.0. The monoisotopic (exact) mass is 307 g/mol. The molecule has 0 unspecified atom stereocenters. The third-order valence-electron chi connectivity index (χ3n) is 4.34. The summed E-state index contributed by atoms with van der Waals surface area (Å²) in [5.74, 6) is 1.80. The average molecular weight is 308 g/mol. The molecule has 2 bridgehead atoms. The molecule has 0 aromatic heterocycles. The fourth-order valence-electron chi connectivity index (χ4n) is 3.51. The first kappa shape index (κ1) is 12.2. The van der Waals surface area contributed by atoms with Crippen LogP contribution in [0.4, 0.5) is 0 Å². The molecule has 2 saturated carbocycles. The molecule has 1 aromatic carbocycles. The van der Waals surface area contributed by atoms with E-state index in [0.29, 0.717) is 12.5 Å². The van der Waals surface area contributed by atoms with Crippen LogP contribution in [-0.2, 0) is 11.2 Å². The summed E-state index contributed by atoms with van der Waals surface area (Å²) in [6, 6.07) is 8.43. The lowest BCUT2D eigenvalue weighted by atomic mass is 9.95. The minimum absolute atomic E-state index is 0.172. The molecule has 0 aliphatic heterocycles. The van der Waals surface area contributed by atoms with Gasteiger partial charge in [-0.15, -0.1) is 0 Å². The molecule has 3 atom stereocenters. The Morgan fingerprint density at radius 1 is 1.33 bits per heavy atom. The number of hydrogen-bond acceptors (Lipinski definition) is 1. The Balaban J connectivity index is 1.56. The highest BCUT2D eigenvalue weighted by molar-refractivity contribution is 9.10. The molecule has 18 heavy (non-hydrogen) atoms. The SMILES string of the molecule is O=C(Cc1cccc(Br)c1)N[C@@H]1C[C@@H]2CC[C@@H]1C2. The van der Waals surface area contributed by atoms with Gasteiger partial charge in [0.05, 0.1) is 6.42 Å². The van der Waals surface area contributed by atoms with E-state index in [1.54, 1.807) is 0 Å². The largest absolute Gasteiger partial charge is 0.353 e. The molecule has 1 aromatic rings. The van der Waals surface area contributed by atoms with Gasteiger partial charge in [-0.1, -0.05) is 34.5 Å². The zero-order valence-electron chi connectivity index (χ0n) is 10.4. The maximum Gasteiger partial charge on any atom is 0.224 e. The number of hydrogen-bond donors (Lipinski definition) is 1. The number of halogens is 1. The van der Waals surface area contributed by atoms with Crippen molar-refractivity contribution in [2.24, 2.45) is 11.8 Å². The number of fused-ring (bicyclic) bond motifs is 2. The van der Waals surface area contributed by atoms with Crippen LogP contribution < -0.4 is 5.32 Å². The van der Waals surface area contributed by atoms with Gasteiger partial charge in [0.15, 0.2) is 0 Å². The molecule has 96 valence electrons. The fourth-order valence-corrected chi connectivity index (χ4v) is 3.96. The van der Waals surface area contributed by atoms with Gasteiger partial charge in [0, 0.05) is 10.5 Å². The predicted molar refractivity (Wildman–Crippen MR) is 75.2 cm³/mol. The standard InChI is InChI=1S/C15H18BrNO/c16-13-3-1-2-10(7-13)9-15(18)17-14-8-11-4-5-12(14)6-11/h1-3,7,11-12,14H,4-6,8-9H2,(H,17,18)/t11-,12-,14-/m1/s1. The van der Waals surface area contributed by atoms with E-state index in [2.05, 4.69) is 21.2 Å². The second kappa shape index (κ2) is 5.04. The summed E-state index contributed by atoms with van der Waals surface area (Å²) >= 11 is 3.44. The van der Waals surface area contributed by atoms with Gasteiger partial charge in [-0.3, -0.25) is 4.79 Å². The zero-order valence-corrected chi connectivity index (χ0v) is 11.9. The normalized spacial score (nSPS) is 29.5. The van der Waals surface area contributed by atoms with Crippen molar-refractivity contribution < 1.29 is 4.79 Å². The number of amides is 1. The van der Waals surface area contributed by atoms with Gasteiger partial charge in [0.25, 0.3) is 0 Å². The highest BCUT2D eigenvalue weighted by Gasteiger charge is 2.39. The molecular weight excluding hydrogens is 290 g/mol. The summed E-state index contributed by atoms with van der Waals surface area (Å²) < 4.78 is 1.03. The van der Waals surface area contributed by atoms with Crippen LogP contribution in [0, 0.1) is 11.8 Å². The summed E-state index contributed by atoms with van der Waals surface area (Å²) in [4.78, 5) is 12.0. The van der Waals surface area contributed by atoms with Gasteiger partial charge in [0.2, 0.25) is 5.91 Å². The van der Waals surface area contributed by atoms with Crippen molar-refractivity contribution in [3.05, 3.63) is 34.3 Å². The van der Waals surface area contributed by atoms with Gasteiger partial charge in [-0.25, -0.2) is 0 Å². The van der Waals surface area contributed by atoms with E-state index in [1.807, 2.05) is 24.3 Å². The fraction of sp³-hybridized carbons (Fsp3) is 0.533. The van der Waals surface area contributed by atoms with Crippen LogP contribution in [0.1, 0.15) is 31.2 Å². The Bertz CT molecular complexity index is 460. The van der Waals surface area contributed by atoms with Gasteiger partial charge >= 0.3 is 0 Å². The summed E-state index contributed by atoms with van der Waals surface area (Å²) in [6.45, 7) is 0. The molecule has 2 nitrogen and oxygen atoms in total. The number of rotatable bonds is 3. The first-order valence-electron chi connectivity index (χ1n) is 6.74. The van der Waals surface area contributed by atoms with Crippen molar-refractivity contribution in [2.45, 2.75) is 38.1 Å². The van der Waals surface area contributed by atoms with Crippen molar-refractivity contribution in [1.29, 1.82) is 0 Å². The van der Waals surface area contributed by atoms with Crippen LogP contribution in [0.25, 0.3) is 0 Å². The van der Waals surface area contributed by atoms with Gasteiger partial charge in [0.1, 0.15) is 0 Å². The van der Waals surface area contributed by atoms with E-state index in [4.69, 9.17) is 0 Å². The van der Waals surface area contributed by atoms with Crippen LogP contribution in [0.3, 0.4) is 0 Å². The highest BCUT2D eigenvalue weighted by atomic mass is 79.9. The van der Waals surface area contributed by atoms with Gasteiger partial charge < -0.3 is 5.32 Å². The minimum Gasteiger partial charge on any atom is -0.353 e. The molecule has 2 aliphatic carbocycles. The van der Waals surface area contributed by atoms with E-state index in [0.717, 1.165) is 21.9 Å². The quantitative estimate of drug-likeness (QED) is 0.912. The summed E-state index contributed by atoms with van der Waals surface area (Å²) in [6.07, 6.45) is 5.72. The van der Waals surface area contributed by atoms with Crippen molar-refractivity contribution in [3.63, 3.8) is 0 Å². The topological polar surface area (TPSA) is 29.1 Å². The number of carbonyl (C=O) groups is 1. The van der Waals surface area contributed by atoms with Crippen LogP contribution in [0.5, 0.6) is 0 Å². The van der Waals surface area contributed by atoms with E-state index in [9.17, 15) is 4.79 Å². The third-order valence-corrected chi connectivity index (χ3v) is 4.83. The molecule has 2 fully saturated rings.